The monoisotopic (exact) mass is 216 g/mol. The highest BCUT2D eigenvalue weighted by molar-refractivity contribution is 5.86. The van der Waals surface area contributed by atoms with Gasteiger partial charge in [-0.2, -0.15) is 0 Å². The lowest BCUT2D eigenvalue weighted by Gasteiger charge is -2.11. The molecule has 0 aliphatic heterocycles. The van der Waals surface area contributed by atoms with Gasteiger partial charge in [-0.15, -0.1) is 0 Å². The van der Waals surface area contributed by atoms with Gasteiger partial charge < -0.3 is 20.9 Å². The van der Waals surface area contributed by atoms with Gasteiger partial charge in [0.15, 0.2) is 0 Å². The number of nitrogens with two attached hydrogens (primary N) is 1. The largest absolute Gasteiger partial charge is 0.480 e. The van der Waals surface area contributed by atoms with Crippen LogP contribution in [0.25, 0.3) is 0 Å². The van der Waals surface area contributed by atoms with E-state index in [1.165, 1.54) is 6.08 Å². The third-order valence-electron chi connectivity index (χ3n) is 1.33. The maximum Gasteiger partial charge on any atom is 0.408 e. The van der Waals surface area contributed by atoms with Crippen LogP contribution in [0.3, 0.4) is 0 Å². The van der Waals surface area contributed by atoms with Crippen molar-refractivity contribution in [2.75, 3.05) is 6.61 Å². The number of amides is 2. The topological polar surface area (TPSA) is 119 Å². The van der Waals surface area contributed by atoms with Crippen molar-refractivity contribution in [3.05, 3.63) is 12.7 Å². The Morgan fingerprint density at radius 3 is 2.53 bits per heavy atom. The molecule has 7 nitrogen and oxygen atoms in total. The predicted octanol–water partition coefficient (Wildman–Crippen LogP) is -0.773. The smallest absolute Gasteiger partial charge is 0.408 e. The second-order valence-corrected chi connectivity index (χ2v) is 2.59. The van der Waals surface area contributed by atoms with Gasteiger partial charge in [-0.1, -0.05) is 12.7 Å². The Morgan fingerprint density at radius 1 is 1.53 bits per heavy atom. The van der Waals surface area contributed by atoms with Crippen molar-refractivity contribution >= 4 is 18.0 Å². The van der Waals surface area contributed by atoms with Crippen LogP contribution in [0.5, 0.6) is 0 Å². The van der Waals surface area contributed by atoms with Gasteiger partial charge >= 0.3 is 12.1 Å². The van der Waals surface area contributed by atoms with Crippen molar-refractivity contribution in [2.24, 2.45) is 5.73 Å². The van der Waals surface area contributed by atoms with Gasteiger partial charge in [-0.25, -0.2) is 9.59 Å². The summed E-state index contributed by atoms with van der Waals surface area (Å²) < 4.78 is 4.47. The van der Waals surface area contributed by atoms with Crippen LogP contribution in [0.4, 0.5) is 4.79 Å². The van der Waals surface area contributed by atoms with Gasteiger partial charge in [-0.05, 0) is 0 Å². The quantitative estimate of drug-likeness (QED) is 0.503. The van der Waals surface area contributed by atoms with Crippen molar-refractivity contribution in [1.82, 2.24) is 5.32 Å². The minimum absolute atomic E-state index is 0.0469. The molecule has 0 aromatic rings. The highest BCUT2D eigenvalue weighted by Gasteiger charge is 2.22. The molecule has 0 saturated heterocycles. The number of primary amides is 1. The van der Waals surface area contributed by atoms with Crippen LogP contribution in [0.1, 0.15) is 6.42 Å². The molecule has 4 N–H and O–H groups in total. The molecule has 0 radical (unpaired) electrons. The average Bonchev–Trinajstić information content (AvgIpc) is 2.12. The first kappa shape index (κ1) is 12.9. The number of rotatable bonds is 6. The van der Waals surface area contributed by atoms with E-state index in [9.17, 15) is 14.4 Å². The van der Waals surface area contributed by atoms with Crippen molar-refractivity contribution < 1.29 is 24.2 Å². The van der Waals surface area contributed by atoms with Crippen LogP contribution >= 0.6 is 0 Å². The average molecular weight is 216 g/mol. The van der Waals surface area contributed by atoms with Crippen LogP contribution in [-0.2, 0) is 14.3 Å². The molecule has 0 rings (SSSR count). The number of carbonyl (C=O) groups is 3. The molecule has 0 spiro atoms. The number of aliphatic carboxylic acids is 1. The lowest BCUT2D eigenvalue weighted by atomic mass is 10.2. The van der Waals surface area contributed by atoms with Crippen LogP contribution in [-0.4, -0.2) is 35.7 Å². The first-order valence-corrected chi connectivity index (χ1v) is 4.02. The summed E-state index contributed by atoms with van der Waals surface area (Å²) in [6, 6.07) is -1.38. The minimum atomic E-state index is -1.38. The Hall–Kier alpha value is -2.05. The first-order valence-electron chi connectivity index (χ1n) is 4.02. The van der Waals surface area contributed by atoms with Crippen LogP contribution < -0.4 is 11.1 Å². The summed E-state index contributed by atoms with van der Waals surface area (Å²) >= 11 is 0. The molecular weight excluding hydrogens is 204 g/mol. The Labute approximate surface area is 85.9 Å². The molecule has 0 aromatic heterocycles. The minimum Gasteiger partial charge on any atom is -0.480 e. The number of ether oxygens (including phenoxy) is 1. The molecule has 7 heteroatoms. The zero-order chi connectivity index (χ0) is 11.8. The van der Waals surface area contributed by atoms with Crippen molar-refractivity contribution in [1.29, 1.82) is 0 Å². The van der Waals surface area contributed by atoms with E-state index in [1.807, 2.05) is 5.32 Å². The molecule has 0 fully saturated rings. The molecular formula is C8H12N2O5. The van der Waals surface area contributed by atoms with Gasteiger partial charge in [0.1, 0.15) is 12.6 Å². The predicted molar refractivity (Wildman–Crippen MR) is 49.9 cm³/mol. The second kappa shape index (κ2) is 6.41. The van der Waals surface area contributed by atoms with Gasteiger partial charge in [0.05, 0.1) is 6.42 Å². The summed E-state index contributed by atoms with van der Waals surface area (Å²) in [5.74, 6) is -2.18. The SMILES string of the molecule is C=CCOC(=O)NC(CC(N)=O)C(=O)O. The van der Waals surface area contributed by atoms with Crippen LogP contribution in [0, 0.1) is 0 Å². The molecule has 2 amide bonds. The van der Waals surface area contributed by atoms with E-state index in [0.29, 0.717) is 0 Å². The Morgan fingerprint density at radius 2 is 2.13 bits per heavy atom. The maximum absolute atomic E-state index is 10.9. The number of carboxylic acids is 1. The molecule has 84 valence electrons. The number of carboxylic acid groups (broad SMARTS) is 1. The van der Waals surface area contributed by atoms with Crippen molar-refractivity contribution in [3.63, 3.8) is 0 Å². The van der Waals surface area contributed by atoms with Gasteiger partial charge in [0.25, 0.3) is 0 Å². The van der Waals surface area contributed by atoms with Crippen LogP contribution in [0.15, 0.2) is 12.7 Å². The van der Waals surface area contributed by atoms with E-state index in [4.69, 9.17) is 10.8 Å². The highest BCUT2D eigenvalue weighted by Crippen LogP contribution is 1.93. The van der Waals surface area contributed by atoms with Crippen molar-refractivity contribution in [2.45, 2.75) is 12.5 Å². The zero-order valence-electron chi connectivity index (χ0n) is 7.93. The maximum atomic E-state index is 10.9. The molecule has 0 aromatic carbocycles. The molecule has 0 aliphatic rings. The normalized spacial score (nSPS) is 11.2. The van der Waals surface area contributed by atoms with E-state index in [1.54, 1.807) is 0 Å². The number of alkyl carbamates (subject to hydrolysis) is 1. The molecule has 1 unspecified atom stereocenters. The zero-order valence-corrected chi connectivity index (χ0v) is 7.93. The number of nitrogens with one attached hydrogen (secondary N) is 1. The summed E-state index contributed by atoms with van der Waals surface area (Å²) in [5, 5.41) is 10.6. The van der Waals surface area contributed by atoms with E-state index in [-0.39, 0.29) is 6.61 Å². The molecule has 0 bridgehead atoms. The Kier molecular flexibility index (Phi) is 5.53. The summed E-state index contributed by atoms with van der Waals surface area (Å²) in [4.78, 5) is 31.9. The molecule has 15 heavy (non-hydrogen) atoms. The lowest BCUT2D eigenvalue weighted by molar-refractivity contribution is -0.141. The number of carbonyl (C=O) groups excluding carboxylic acids is 2. The Balaban J connectivity index is 4.16. The van der Waals surface area contributed by atoms with E-state index in [2.05, 4.69) is 11.3 Å². The number of hydrogen-bond acceptors (Lipinski definition) is 4. The van der Waals surface area contributed by atoms with E-state index >= 15 is 0 Å². The van der Waals surface area contributed by atoms with Gasteiger partial charge in [0.2, 0.25) is 5.91 Å². The lowest BCUT2D eigenvalue weighted by Crippen LogP contribution is -2.43. The second-order valence-electron chi connectivity index (χ2n) is 2.59. The standard InChI is InChI=1S/C8H12N2O5/c1-2-3-15-8(14)10-5(7(12)13)4-6(9)11/h2,5H,1,3-4H2,(H2,9,11)(H,10,14)(H,12,13). The third kappa shape index (κ3) is 6.08. The van der Waals surface area contributed by atoms with E-state index in [0.717, 1.165) is 0 Å². The third-order valence-corrected chi connectivity index (χ3v) is 1.33. The molecule has 0 heterocycles. The fraction of sp³-hybridized carbons (Fsp3) is 0.375. The van der Waals surface area contributed by atoms with Crippen molar-refractivity contribution in [3.8, 4) is 0 Å². The summed E-state index contributed by atoms with van der Waals surface area (Å²) in [6.45, 7) is 3.25. The van der Waals surface area contributed by atoms with Gasteiger partial charge in [-0.3, -0.25) is 4.79 Å². The van der Waals surface area contributed by atoms with Gasteiger partial charge in [0, 0.05) is 0 Å². The first-order chi connectivity index (χ1) is 6.97. The summed E-state index contributed by atoms with van der Waals surface area (Å²) in [6.07, 6.45) is -0.106. The molecule has 1 atom stereocenters. The highest BCUT2D eigenvalue weighted by atomic mass is 16.5. The molecule has 0 saturated carbocycles. The van der Waals surface area contributed by atoms with E-state index < -0.39 is 30.4 Å². The van der Waals surface area contributed by atoms with Crippen LogP contribution in [0.2, 0.25) is 0 Å². The Bertz CT molecular complexity index is 276. The summed E-state index contributed by atoms with van der Waals surface area (Å²) in [5.41, 5.74) is 4.80. The fourth-order valence-corrected chi connectivity index (χ4v) is 0.720. The summed E-state index contributed by atoms with van der Waals surface area (Å²) in [7, 11) is 0. The number of hydrogen-bond donors (Lipinski definition) is 3. The molecule has 0 aliphatic carbocycles. The fourth-order valence-electron chi connectivity index (χ4n) is 0.720.